The second kappa shape index (κ2) is 6.54. The van der Waals surface area contributed by atoms with E-state index < -0.39 is 29.8 Å². The van der Waals surface area contributed by atoms with Crippen molar-refractivity contribution in [3.8, 4) is 11.5 Å². The van der Waals surface area contributed by atoms with Crippen molar-refractivity contribution < 1.29 is 23.0 Å². The summed E-state index contributed by atoms with van der Waals surface area (Å²) in [6.45, 7) is -0.499. The van der Waals surface area contributed by atoms with Gasteiger partial charge in [-0.1, -0.05) is 17.7 Å². The maximum absolute atomic E-state index is 13.4. The van der Waals surface area contributed by atoms with Gasteiger partial charge < -0.3 is 9.47 Å². The molecule has 0 aliphatic heterocycles. The second-order valence-corrected chi connectivity index (χ2v) is 4.52. The van der Waals surface area contributed by atoms with Crippen LogP contribution >= 0.6 is 11.6 Å². The fourth-order valence-corrected chi connectivity index (χ4v) is 1.94. The summed E-state index contributed by atoms with van der Waals surface area (Å²) in [5.74, 6) is -2.34. The summed E-state index contributed by atoms with van der Waals surface area (Å²) in [4.78, 5) is 11.9. The monoisotopic (exact) mass is 312 g/mol. The molecule has 0 fully saturated rings. The minimum absolute atomic E-state index is 0.262. The Balaban J connectivity index is 2.10. The largest absolute Gasteiger partial charge is 0.495 e. The molecule has 2 rings (SSSR count). The molecular formula is C15H11ClF2O3. The highest BCUT2D eigenvalue weighted by molar-refractivity contribution is 6.32. The van der Waals surface area contributed by atoms with Crippen molar-refractivity contribution >= 4 is 17.4 Å². The molecule has 0 aromatic heterocycles. The molecule has 0 N–H and O–H groups in total. The molecule has 2 aromatic carbocycles. The van der Waals surface area contributed by atoms with Crippen molar-refractivity contribution in [3.63, 3.8) is 0 Å². The molecule has 2 aromatic rings. The number of Topliss-reactive ketones (excluding diaryl/α,β-unsaturated/α-hetero) is 1. The molecule has 110 valence electrons. The zero-order valence-corrected chi connectivity index (χ0v) is 11.8. The fourth-order valence-electron chi connectivity index (χ4n) is 1.68. The first-order valence-electron chi connectivity index (χ1n) is 5.96. The summed E-state index contributed by atoms with van der Waals surface area (Å²) < 4.78 is 36.6. The van der Waals surface area contributed by atoms with Crippen LogP contribution in [0.3, 0.4) is 0 Å². The number of benzene rings is 2. The van der Waals surface area contributed by atoms with E-state index in [0.29, 0.717) is 5.75 Å². The second-order valence-electron chi connectivity index (χ2n) is 4.11. The number of ether oxygens (including phenoxy) is 2. The third-order valence-corrected chi connectivity index (χ3v) is 3.04. The Morgan fingerprint density at radius 3 is 2.43 bits per heavy atom. The van der Waals surface area contributed by atoms with E-state index in [1.54, 1.807) is 0 Å². The minimum Gasteiger partial charge on any atom is -0.495 e. The number of ketones is 1. The van der Waals surface area contributed by atoms with Crippen molar-refractivity contribution in [2.75, 3.05) is 13.7 Å². The average Bonchev–Trinajstić information content (AvgIpc) is 2.46. The van der Waals surface area contributed by atoms with E-state index in [9.17, 15) is 13.6 Å². The lowest BCUT2D eigenvalue weighted by atomic mass is 10.1. The Kier molecular flexibility index (Phi) is 4.75. The summed E-state index contributed by atoms with van der Waals surface area (Å²) in [6, 6.07) is 7.74. The van der Waals surface area contributed by atoms with Gasteiger partial charge in [-0.2, -0.15) is 0 Å². The van der Waals surface area contributed by atoms with E-state index in [4.69, 9.17) is 21.1 Å². The first-order chi connectivity index (χ1) is 10.0. The number of rotatable bonds is 5. The molecule has 0 amide bonds. The summed E-state index contributed by atoms with van der Waals surface area (Å²) in [5, 5.41) is 0.264. The maximum atomic E-state index is 13.4. The maximum Gasteiger partial charge on any atom is 0.200 e. The van der Waals surface area contributed by atoms with Crippen LogP contribution in [0.2, 0.25) is 5.02 Å². The summed E-state index contributed by atoms with van der Waals surface area (Å²) in [6.07, 6.45) is 0. The van der Waals surface area contributed by atoms with Gasteiger partial charge in [-0.25, -0.2) is 8.78 Å². The number of hydrogen-bond donors (Lipinski definition) is 0. The van der Waals surface area contributed by atoms with E-state index in [2.05, 4.69) is 0 Å². The predicted molar refractivity (Wildman–Crippen MR) is 74.2 cm³/mol. The Morgan fingerprint density at radius 2 is 1.86 bits per heavy atom. The minimum atomic E-state index is -0.865. The molecule has 0 saturated carbocycles. The zero-order valence-electron chi connectivity index (χ0n) is 11.0. The molecule has 3 nitrogen and oxygen atoms in total. The van der Waals surface area contributed by atoms with Gasteiger partial charge in [0.05, 0.1) is 12.1 Å². The number of hydrogen-bond acceptors (Lipinski definition) is 3. The van der Waals surface area contributed by atoms with Gasteiger partial charge in [0.2, 0.25) is 0 Å². The van der Waals surface area contributed by atoms with Crippen LogP contribution in [0.5, 0.6) is 11.5 Å². The van der Waals surface area contributed by atoms with Crippen LogP contribution in [0.25, 0.3) is 0 Å². The predicted octanol–water partition coefficient (Wildman–Crippen LogP) is 3.89. The van der Waals surface area contributed by atoms with Gasteiger partial charge in [0, 0.05) is 5.56 Å². The standard InChI is InChI=1S/C15H11ClF2O3/c1-20-14-6-5-9(7-10(14)16)13(19)8-21-15-11(17)3-2-4-12(15)18/h2-7H,8H2,1H3. The molecule has 0 aliphatic rings. The SMILES string of the molecule is COc1ccc(C(=O)COc2c(F)cccc2F)cc1Cl. The molecule has 0 radical (unpaired) electrons. The van der Waals surface area contributed by atoms with Crippen molar-refractivity contribution in [2.45, 2.75) is 0 Å². The number of para-hydroxylation sites is 1. The molecule has 0 atom stereocenters. The molecule has 21 heavy (non-hydrogen) atoms. The van der Waals surface area contributed by atoms with Crippen LogP contribution in [0.1, 0.15) is 10.4 Å². The lowest BCUT2D eigenvalue weighted by Gasteiger charge is -2.08. The van der Waals surface area contributed by atoms with E-state index in [1.807, 2.05) is 0 Å². The summed E-state index contributed by atoms with van der Waals surface area (Å²) >= 11 is 5.90. The van der Waals surface area contributed by atoms with Gasteiger partial charge in [0.1, 0.15) is 5.75 Å². The van der Waals surface area contributed by atoms with Crippen LogP contribution in [-0.2, 0) is 0 Å². The highest BCUT2D eigenvalue weighted by atomic mass is 35.5. The molecule has 0 unspecified atom stereocenters. The van der Waals surface area contributed by atoms with Gasteiger partial charge >= 0.3 is 0 Å². The Morgan fingerprint density at radius 1 is 1.19 bits per heavy atom. The van der Waals surface area contributed by atoms with Crippen LogP contribution in [-0.4, -0.2) is 19.5 Å². The third-order valence-electron chi connectivity index (χ3n) is 2.74. The molecule has 0 bridgehead atoms. The van der Waals surface area contributed by atoms with E-state index in [0.717, 1.165) is 12.1 Å². The smallest absolute Gasteiger partial charge is 0.200 e. The third kappa shape index (κ3) is 3.49. The first kappa shape index (κ1) is 15.3. The van der Waals surface area contributed by atoms with Crippen molar-refractivity contribution in [2.24, 2.45) is 0 Å². The quantitative estimate of drug-likeness (QED) is 0.786. The lowest BCUT2D eigenvalue weighted by molar-refractivity contribution is 0.0915. The van der Waals surface area contributed by atoms with Gasteiger partial charge in [-0.05, 0) is 30.3 Å². The van der Waals surface area contributed by atoms with E-state index in [1.165, 1.54) is 31.4 Å². The Labute approximate surface area is 125 Å². The molecular weight excluding hydrogens is 302 g/mol. The van der Waals surface area contributed by atoms with Gasteiger partial charge in [0.25, 0.3) is 0 Å². The molecule has 0 aliphatic carbocycles. The average molecular weight is 313 g/mol. The molecule has 0 spiro atoms. The molecule has 6 heteroatoms. The summed E-state index contributed by atoms with van der Waals surface area (Å²) in [5.41, 5.74) is 0.262. The van der Waals surface area contributed by atoms with Crippen molar-refractivity contribution in [1.29, 1.82) is 0 Å². The Bertz CT molecular complexity index is 654. The highest BCUT2D eigenvalue weighted by Gasteiger charge is 2.14. The van der Waals surface area contributed by atoms with Crippen LogP contribution in [0, 0.1) is 11.6 Å². The van der Waals surface area contributed by atoms with Crippen LogP contribution in [0.15, 0.2) is 36.4 Å². The van der Waals surface area contributed by atoms with E-state index >= 15 is 0 Å². The van der Waals surface area contributed by atoms with Crippen molar-refractivity contribution in [3.05, 3.63) is 58.6 Å². The Hall–Kier alpha value is -2.14. The number of methoxy groups -OCH3 is 1. The molecule has 0 heterocycles. The topological polar surface area (TPSA) is 35.5 Å². The van der Waals surface area contributed by atoms with Gasteiger partial charge in [-0.3, -0.25) is 4.79 Å². The van der Waals surface area contributed by atoms with Crippen LogP contribution < -0.4 is 9.47 Å². The first-order valence-corrected chi connectivity index (χ1v) is 6.34. The van der Waals surface area contributed by atoms with Crippen molar-refractivity contribution in [1.82, 2.24) is 0 Å². The number of halogens is 3. The van der Waals surface area contributed by atoms with E-state index in [-0.39, 0.29) is 10.6 Å². The normalized spacial score (nSPS) is 10.3. The van der Waals surface area contributed by atoms with Gasteiger partial charge in [0.15, 0.2) is 29.8 Å². The molecule has 0 saturated heterocycles. The van der Waals surface area contributed by atoms with Crippen LogP contribution in [0.4, 0.5) is 8.78 Å². The highest BCUT2D eigenvalue weighted by Crippen LogP contribution is 2.25. The number of carbonyl (C=O) groups is 1. The fraction of sp³-hybridized carbons (Fsp3) is 0.133. The van der Waals surface area contributed by atoms with Gasteiger partial charge in [-0.15, -0.1) is 0 Å². The number of carbonyl (C=O) groups excluding carboxylic acids is 1. The lowest BCUT2D eigenvalue weighted by Crippen LogP contribution is -2.13. The summed E-state index contributed by atoms with van der Waals surface area (Å²) in [7, 11) is 1.45. The zero-order chi connectivity index (χ0) is 15.4.